The normalized spacial score (nSPS) is 16.0. The number of nitrogens with one attached hydrogen (secondary N) is 1. The predicted octanol–water partition coefficient (Wildman–Crippen LogP) is 3.45. The number of ether oxygens (including phenoxy) is 1. The Bertz CT molecular complexity index is 1030. The van der Waals surface area contributed by atoms with Crippen molar-refractivity contribution in [1.82, 2.24) is 4.72 Å². The van der Waals surface area contributed by atoms with Crippen LogP contribution in [-0.2, 0) is 30.8 Å². The molecule has 3 rings (SSSR count). The van der Waals surface area contributed by atoms with Crippen LogP contribution in [0.25, 0.3) is 0 Å². The van der Waals surface area contributed by atoms with E-state index in [1.165, 1.54) is 19.1 Å². The van der Waals surface area contributed by atoms with E-state index in [9.17, 15) is 18.0 Å². The summed E-state index contributed by atoms with van der Waals surface area (Å²) in [4.78, 5) is 23.5. The Labute approximate surface area is 170 Å². The van der Waals surface area contributed by atoms with Gasteiger partial charge in [-0.2, -0.15) is 0 Å². The van der Waals surface area contributed by atoms with Gasteiger partial charge in [-0.15, -0.1) is 0 Å². The van der Waals surface area contributed by atoms with Crippen LogP contribution in [0.5, 0.6) is 0 Å². The third-order valence-electron chi connectivity index (χ3n) is 4.63. The summed E-state index contributed by atoms with van der Waals surface area (Å²) in [6.07, 6.45) is 3.15. The van der Waals surface area contributed by atoms with E-state index in [4.69, 9.17) is 4.74 Å². The van der Waals surface area contributed by atoms with E-state index in [0.717, 1.165) is 5.56 Å². The lowest BCUT2D eigenvalue weighted by Crippen LogP contribution is -2.30. The highest BCUT2D eigenvalue weighted by atomic mass is 32.2. The second-order valence-electron chi connectivity index (χ2n) is 6.91. The molecule has 1 N–H and O–H groups in total. The SMILES string of the molecule is CC(=O)C1=CCC(c2cccc(S(=O)(=O)NC(=O)CCCc3ccccc3)c2)O1. The number of benzene rings is 2. The van der Waals surface area contributed by atoms with E-state index in [2.05, 4.69) is 4.72 Å². The fourth-order valence-corrected chi connectivity index (χ4v) is 4.20. The van der Waals surface area contributed by atoms with Gasteiger partial charge in [0.2, 0.25) is 5.91 Å². The van der Waals surface area contributed by atoms with Crippen molar-refractivity contribution in [2.75, 3.05) is 0 Å². The number of aryl methyl sites for hydroxylation is 1. The molecule has 0 radical (unpaired) electrons. The van der Waals surface area contributed by atoms with Gasteiger partial charge in [0.05, 0.1) is 4.90 Å². The van der Waals surface area contributed by atoms with Crippen molar-refractivity contribution >= 4 is 21.7 Å². The highest BCUT2D eigenvalue weighted by Crippen LogP contribution is 2.32. The molecule has 2 aromatic carbocycles. The summed E-state index contributed by atoms with van der Waals surface area (Å²) in [7, 11) is -3.98. The molecular formula is C22H23NO5S. The van der Waals surface area contributed by atoms with Crippen molar-refractivity contribution in [3.05, 3.63) is 77.6 Å². The minimum absolute atomic E-state index is 0.00807. The summed E-state index contributed by atoms with van der Waals surface area (Å²) in [6.45, 7) is 1.42. The lowest BCUT2D eigenvalue weighted by Gasteiger charge is -2.14. The van der Waals surface area contributed by atoms with Crippen LogP contribution in [0.1, 0.15) is 43.4 Å². The number of carbonyl (C=O) groups excluding carboxylic acids is 2. The van der Waals surface area contributed by atoms with Gasteiger partial charge in [0.1, 0.15) is 6.10 Å². The zero-order valence-corrected chi connectivity index (χ0v) is 16.9. The number of carbonyl (C=O) groups is 2. The summed E-state index contributed by atoms with van der Waals surface area (Å²) < 4.78 is 32.9. The van der Waals surface area contributed by atoms with Gasteiger partial charge in [-0.1, -0.05) is 42.5 Å². The standard InChI is InChI=1S/C22H23NO5S/c1-16(24)20-13-14-21(28-20)18-10-6-11-19(15-18)29(26,27)23-22(25)12-5-9-17-7-3-2-4-8-17/h2-4,6-8,10-11,13,15,21H,5,9,12,14H2,1H3,(H,23,25). The van der Waals surface area contributed by atoms with Crippen LogP contribution < -0.4 is 4.72 Å². The van der Waals surface area contributed by atoms with Gasteiger partial charge in [-0.25, -0.2) is 13.1 Å². The lowest BCUT2D eigenvalue weighted by molar-refractivity contribution is -0.119. The molecule has 0 saturated heterocycles. The average molecular weight is 413 g/mol. The Hall–Kier alpha value is -2.93. The van der Waals surface area contributed by atoms with Crippen LogP contribution in [0.4, 0.5) is 0 Å². The van der Waals surface area contributed by atoms with Crippen molar-refractivity contribution in [1.29, 1.82) is 0 Å². The fourth-order valence-electron chi connectivity index (χ4n) is 3.13. The molecule has 0 bridgehead atoms. The Morgan fingerprint density at radius 3 is 2.55 bits per heavy atom. The first-order valence-corrected chi connectivity index (χ1v) is 10.9. The highest BCUT2D eigenvalue weighted by Gasteiger charge is 2.24. The molecule has 1 unspecified atom stereocenters. The van der Waals surface area contributed by atoms with Crippen LogP contribution in [0.2, 0.25) is 0 Å². The molecule has 1 amide bonds. The Kier molecular flexibility index (Phi) is 6.49. The molecule has 0 saturated carbocycles. The van der Waals surface area contributed by atoms with Crippen molar-refractivity contribution < 1.29 is 22.7 Å². The first-order valence-electron chi connectivity index (χ1n) is 9.42. The van der Waals surface area contributed by atoms with Crippen LogP contribution in [0, 0.1) is 0 Å². The Balaban J connectivity index is 1.59. The van der Waals surface area contributed by atoms with Gasteiger partial charge in [0.15, 0.2) is 11.5 Å². The van der Waals surface area contributed by atoms with E-state index >= 15 is 0 Å². The minimum Gasteiger partial charge on any atom is -0.482 e. The van der Waals surface area contributed by atoms with E-state index in [1.807, 2.05) is 30.3 Å². The van der Waals surface area contributed by atoms with Crippen molar-refractivity contribution in [2.24, 2.45) is 0 Å². The number of Topliss-reactive ketones (excluding diaryl/α,β-unsaturated/α-hetero) is 1. The molecule has 0 spiro atoms. The van der Waals surface area contributed by atoms with E-state index in [1.54, 1.807) is 18.2 Å². The van der Waals surface area contributed by atoms with Gasteiger partial charge in [0, 0.05) is 19.8 Å². The van der Waals surface area contributed by atoms with E-state index in [-0.39, 0.29) is 22.9 Å². The van der Waals surface area contributed by atoms with Gasteiger partial charge in [0.25, 0.3) is 10.0 Å². The van der Waals surface area contributed by atoms with Crippen molar-refractivity contribution in [3.63, 3.8) is 0 Å². The van der Waals surface area contributed by atoms with Gasteiger partial charge in [-0.05, 0) is 42.2 Å². The fraction of sp³-hybridized carbons (Fsp3) is 0.273. The molecule has 7 heteroatoms. The maximum atomic E-state index is 12.6. The Morgan fingerprint density at radius 2 is 1.86 bits per heavy atom. The number of rotatable bonds is 8. The average Bonchev–Trinajstić information content (AvgIpc) is 3.19. The first kappa shape index (κ1) is 20.8. The molecule has 0 aliphatic carbocycles. The molecule has 0 fully saturated rings. The smallest absolute Gasteiger partial charge is 0.264 e. The molecule has 1 aliphatic rings. The summed E-state index contributed by atoms with van der Waals surface area (Å²) in [5.74, 6) is -0.419. The zero-order valence-electron chi connectivity index (χ0n) is 16.1. The zero-order chi connectivity index (χ0) is 20.9. The molecule has 6 nitrogen and oxygen atoms in total. The lowest BCUT2D eigenvalue weighted by atomic mass is 10.1. The number of allylic oxidation sites excluding steroid dienone is 1. The highest BCUT2D eigenvalue weighted by molar-refractivity contribution is 7.90. The third kappa shape index (κ3) is 5.54. The minimum atomic E-state index is -3.98. The number of ketones is 1. The van der Waals surface area contributed by atoms with Crippen LogP contribution in [0.15, 0.2) is 71.3 Å². The second-order valence-corrected chi connectivity index (χ2v) is 8.59. The van der Waals surface area contributed by atoms with Gasteiger partial charge < -0.3 is 4.74 Å². The predicted molar refractivity (Wildman–Crippen MR) is 108 cm³/mol. The molecule has 2 aromatic rings. The maximum Gasteiger partial charge on any atom is 0.264 e. The van der Waals surface area contributed by atoms with Gasteiger partial charge in [-0.3, -0.25) is 9.59 Å². The Morgan fingerprint density at radius 1 is 1.10 bits per heavy atom. The van der Waals surface area contributed by atoms with Crippen LogP contribution in [-0.4, -0.2) is 20.1 Å². The van der Waals surface area contributed by atoms with E-state index < -0.39 is 22.0 Å². The number of hydrogen-bond donors (Lipinski definition) is 1. The van der Waals surface area contributed by atoms with E-state index in [0.29, 0.717) is 24.8 Å². The monoisotopic (exact) mass is 413 g/mol. The summed E-state index contributed by atoms with van der Waals surface area (Å²) in [5.41, 5.74) is 1.74. The summed E-state index contributed by atoms with van der Waals surface area (Å²) >= 11 is 0. The largest absolute Gasteiger partial charge is 0.482 e. The molecule has 29 heavy (non-hydrogen) atoms. The molecular weight excluding hydrogens is 390 g/mol. The molecule has 1 heterocycles. The third-order valence-corrected chi connectivity index (χ3v) is 6.00. The van der Waals surface area contributed by atoms with Gasteiger partial charge >= 0.3 is 0 Å². The quantitative estimate of drug-likeness (QED) is 0.716. The molecule has 152 valence electrons. The number of amides is 1. The summed E-state index contributed by atoms with van der Waals surface area (Å²) in [6, 6.07) is 15.9. The topological polar surface area (TPSA) is 89.5 Å². The number of sulfonamides is 1. The number of hydrogen-bond acceptors (Lipinski definition) is 5. The maximum absolute atomic E-state index is 12.6. The van der Waals surface area contributed by atoms with Crippen molar-refractivity contribution in [3.8, 4) is 0 Å². The summed E-state index contributed by atoms with van der Waals surface area (Å²) in [5, 5.41) is 0. The molecule has 1 atom stereocenters. The van der Waals surface area contributed by atoms with Crippen LogP contribution >= 0.6 is 0 Å². The molecule has 1 aliphatic heterocycles. The second kappa shape index (κ2) is 9.05. The van der Waals surface area contributed by atoms with Crippen molar-refractivity contribution in [2.45, 2.75) is 43.6 Å². The molecule has 0 aromatic heterocycles. The first-order chi connectivity index (χ1) is 13.8. The van der Waals surface area contributed by atoms with Crippen LogP contribution in [0.3, 0.4) is 0 Å².